The first kappa shape index (κ1) is 22.4. The molecule has 0 spiro atoms. The van der Waals surface area contributed by atoms with Gasteiger partial charge in [0.2, 0.25) is 0 Å². The van der Waals surface area contributed by atoms with Gasteiger partial charge in [0, 0.05) is 22.7 Å². The minimum atomic E-state index is -4.49. The lowest BCUT2D eigenvalue weighted by atomic mass is 10.2. The number of amides is 2. The predicted molar refractivity (Wildman–Crippen MR) is 112 cm³/mol. The van der Waals surface area contributed by atoms with Crippen molar-refractivity contribution in [3.8, 4) is 5.75 Å². The molecule has 0 saturated carbocycles. The Kier molecular flexibility index (Phi) is 7.30. The lowest BCUT2D eigenvalue weighted by Crippen LogP contribution is -2.25. The van der Waals surface area contributed by atoms with Crippen LogP contribution in [0.15, 0.2) is 66.0 Å². The van der Waals surface area contributed by atoms with Crippen molar-refractivity contribution >= 4 is 28.8 Å². The molecular formula is C22H19F3N2O3S. The summed E-state index contributed by atoms with van der Waals surface area (Å²) in [6.07, 6.45) is -3.74. The van der Waals surface area contributed by atoms with Crippen molar-refractivity contribution in [3.63, 3.8) is 0 Å². The molecule has 162 valence electrons. The normalized spacial score (nSPS) is 11.1. The largest absolute Gasteiger partial charge is 0.484 e. The van der Waals surface area contributed by atoms with Gasteiger partial charge in [-0.15, -0.1) is 11.3 Å². The molecule has 3 rings (SSSR count). The molecule has 5 nitrogen and oxygen atoms in total. The van der Waals surface area contributed by atoms with E-state index >= 15 is 0 Å². The molecule has 0 aliphatic carbocycles. The summed E-state index contributed by atoms with van der Waals surface area (Å²) in [7, 11) is 0. The number of ether oxygens (including phenoxy) is 1. The molecule has 0 atom stereocenters. The summed E-state index contributed by atoms with van der Waals surface area (Å²) in [5.41, 5.74) is -0.375. The zero-order chi connectivity index (χ0) is 22.3. The molecule has 9 heteroatoms. The van der Waals surface area contributed by atoms with Gasteiger partial charge in [0.1, 0.15) is 5.75 Å². The SMILES string of the molecule is O=C(COc1ccc(C(=O)NCCc2cccs2)cc1)Nc1cccc(C(F)(F)F)c1. The molecule has 0 saturated heterocycles. The van der Waals surface area contributed by atoms with Crippen molar-refractivity contribution in [3.05, 3.63) is 82.0 Å². The van der Waals surface area contributed by atoms with E-state index in [2.05, 4.69) is 10.6 Å². The van der Waals surface area contributed by atoms with Gasteiger partial charge < -0.3 is 15.4 Å². The summed E-state index contributed by atoms with van der Waals surface area (Å²) in [5.74, 6) is -0.463. The van der Waals surface area contributed by atoms with Crippen LogP contribution >= 0.6 is 11.3 Å². The van der Waals surface area contributed by atoms with Gasteiger partial charge in [-0.05, 0) is 60.3 Å². The Morgan fingerprint density at radius 3 is 2.45 bits per heavy atom. The molecule has 2 aromatic carbocycles. The third kappa shape index (κ3) is 6.85. The molecule has 2 N–H and O–H groups in total. The number of anilines is 1. The van der Waals surface area contributed by atoms with Gasteiger partial charge in [-0.2, -0.15) is 13.2 Å². The van der Waals surface area contributed by atoms with Crippen LogP contribution in [0.25, 0.3) is 0 Å². The molecule has 0 fully saturated rings. The van der Waals surface area contributed by atoms with Crippen molar-refractivity contribution in [1.82, 2.24) is 5.32 Å². The molecule has 0 aliphatic rings. The molecule has 0 aliphatic heterocycles. The van der Waals surface area contributed by atoms with Crippen LogP contribution in [-0.4, -0.2) is 25.0 Å². The Morgan fingerprint density at radius 2 is 1.77 bits per heavy atom. The van der Waals surface area contributed by atoms with Gasteiger partial charge >= 0.3 is 6.18 Å². The minimum Gasteiger partial charge on any atom is -0.484 e. The highest BCUT2D eigenvalue weighted by molar-refractivity contribution is 7.09. The van der Waals surface area contributed by atoms with Crippen molar-refractivity contribution in [2.75, 3.05) is 18.5 Å². The average Bonchev–Trinajstić information content (AvgIpc) is 3.26. The lowest BCUT2D eigenvalue weighted by Gasteiger charge is -2.11. The fourth-order valence-electron chi connectivity index (χ4n) is 2.68. The Bertz CT molecular complexity index is 1020. The van der Waals surface area contributed by atoms with Crippen molar-refractivity contribution < 1.29 is 27.5 Å². The van der Waals surface area contributed by atoms with E-state index in [0.717, 1.165) is 18.6 Å². The fraction of sp³-hybridized carbons (Fsp3) is 0.182. The number of rotatable bonds is 8. The zero-order valence-corrected chi connectivity index (χ0v) is 17.1. The monoisotopic (exact) mass is 448 g/mol. The molecular weight excluding hydrogens is 429 g/mol. The molecule has 31 heavy (non-hydrogen) atoms. The van der Waals surface area contributed by atoms with Crippen LogP contribution < -0.4 is 15.4 Å². The lowest BCUT2D eigenvalue weighted by molar-refractivity contribution is -0.137. The van der Waals surface area contributed by atoms with Gasteiger partial charge in [0.15, 0.2) is 6.61 Å². The first-order chi connectivity index (χ1) is 14.8. The van der Waals surface area contributed by atoms with Gasteiger partial charge in [0.25, 0.3) is 11.8 Å². The maximum Gasteiger partial charge on any atom is 0.416 e. The molecule has 0 radical (unpaired) electrons. The Labute approximate surface area is 180 Å². The molecule has 1 aromatic heterocycles. The van der Waals surface area contributed by atoms with E-state index < -0.39 is 17.6 Å². The highest BCUT2D eigenvalue weighted by atomic mass is 32.1. The van der Waals surface area contributed by atoms with Gasteiger partial charge in [-0.1, -0.05) is 12.1 Å². The maximum atomic E-state index is 12.7. The third-order valence-corrected chi connectivity index (χ3v) is 5.13. The first-order valence-corrected chi connectivity index (χ1v) is 10.2. The van der Waals surface area contributed by atoms with Crippen LogP contribution in [0.3, 0.4) is 0 Å². The number of alkyl halides is 3. The summed E-state index contributed by atoms with van der Waals surface area (Å²) in [6.45, 7) is 0.135. The second-order valence-electron chi connectivity index (χ2n) is 6.53. The number of nitrogens with one attached hydrogen (secondary N) is 2. The van der Waals surface area contributed by atoms with Crippen LogP contribution in [0, 0.1) is 0 Å². The predicted octanol–water partition coefficient (Wildman–Crippen LogP) is 4.76. The van der Waals surface area contributed by atoms with E-state index in [9.17, 15) is 22.8 Å². The number of carbonyl (C=O) groups excluding carboxylic acids is 2. The van der Waals surface area contributed by atoms with E-state index in [0.29, 0.717) is 17.9 Å². The quantitative estimate of drug-likeness (QED) is 0.522. The van der Waals surface area contributed by atoms with Crippen LogP contribution in [0.2, 0.25) is 0 Å². The summed E-state index contributed by atoms with van der Waals surface area (Å²) in [6, 6.07) is 14.5. The van der Waals surface area contributed by atoms with E-state index in [1.807, 2.05) is 17.5 Å². The maximum absolute atomic E-state index is 12.7. The number of hydrogen-bond donors (Lipinski definition) is 2. The number of halogens is 3. The molecule has 0 unspecified atom stereocenters. The minimum absolute atomic E-state index is 0.0259. The first-order valence-electron chi connectivity index (χ1n) is 9.32. The second-order valence-corrected chi connectivity index (χ2v) is 7.56. The number of thiophene rings is 1. The van der Waals surface area contributed by atoms with Crippen LogP contribution in [0.4, 0.5) is 18.9 Å². The number of hydrogen-bond acceptors (Lipinski definition) is 4. The average molecular weight is 448 g/mol. The van der Waals surface area contributed by atoms with Crippen molar-refractivity contribution in [2.24, 2.45) is 0 Å². The zero-order valence-electron chi connectivity index (χ0n) is 16.2. The standard InChI is InChI=1S/C22H19F3N2O3S/c23-22(24,25)16-3-1-4-17(13-16)27-20(28)14-30-18-8-6-15(7-9-18)21(29)26-11-10-19-5-2-12-31-19/h1-9,12-13H,10-11,14H2,(H,26,29)(H,27,28). The highest BCUT2D eigenvalue weighted by Crippen LogP contribution is 2.30. The fourth-order valence-corrected chi connectivity index (χ4v) is 3.39. The van der Waals surface area contributed by atoms with Gasteiger partial charge in [-0.3, -0.25) is 9.59 Å². The summed E-state index contributed by atoms with van der Waals surface area (Å²) < 4.78 is 43.5. The van der Waals surface area contributed by atoms with Crippen LogP contribution in [-0.2, 0) is 17.4 Å². The second kappa shape index (κ2) is 10.1. The highest BCUT2D eigenvalue weighted by Gasteiger charge is 2.30. The van der Waals surface area contributed by atoms with Gasteiger partial charge in [0.05, 0.1) is 5.56 Å². The Hall–Kier alpha value is -3.33. The number of carbonyl (C=O) groups is 2. The molecule has 0 bridgehead atoms. The van der Waals surface area contributed by atoms with Crippen LogP contribution in [0.1, 0.15) is 20.8 Å². The Morgan fingerprint density at radius 1 is 1.00 bits per heavy atom. The van der Waals surface area contributed by atoms with E-state index in [4.69, 9.17) is 4.74 Å². The Balaban J connectivity index is 1.45. The smallest absolute Gasteiger partial charge is 0.416 e. The summed E-state index contributed by atoms with van der Waals surface area (Å²) >= 11 is 1.63. The molecule has 3 aromatic rings. The molecule has 2 amide bonds. The summed E-state index contributed by atoms with van der Waals surface area (Å²) in [5, 5.41) is 7.18. The van der Waals surface area contributed by atoms with Crippen molar-refractivity contribution in [1.29, 1.82) is 0 Å². The topological polar surface area (TPSA) is 67.4 Å². The van der Waals surface area contributed by atoms with Gasteiger partial charge in [-0.25, -0.2) is 0 Å². The summed E-state index contributed by atoms with van der Waals surface area (Å²) in [4.78, 5) is 25.3. The number of benzene rings is 2. The van der Waals surface area contributed by atoms with Crippen LogP contribution in [0.5, 0.6) is 5.75 Å². The third-order valence-electron chi connectivity index (χ3n) is 4.20. The van der Waals surface area contributed by atoms with E-state index in [-0.39, 0.29) is 18.2 Å². The van der Waals surface area contributed by atoms with E-state index in [1.54, 1.807) is 35.6 Å². The van der Waals surface area contributed by atoms with E-state index in [1.165, 1.54) is 17.0 Å². The molecule has 1 heterocycles. The van der Waals surface area contributed by atoms with Crippen molar-refractivity contribution in [2.45, 2.75) is 12.6 Å².